The van der Waals surface area contributed by atoms with Crippen LogP contribution in [0.15, 0.2) is 84.9 Å². The Morgan fingerprint density at radius 2 is 1.73 bits per heavy atom. The smallest absolute Gasteiger partial charge is 0.267 e. The summed E-state index contributed by atoms with van der Waals surface area (Å²) in [5.41, 5.74) is 2.76. The van der Waals surface area contributed by atoms with Gasteiger partial charge in [-0.2, -0.15) is 0 Å². The van der Waals surface area contributed by atoms with Crippen molar-refractivity contribution in [1.82, 2.24) is 4.98 Å². The molecule has 1 heterocycles. The maximum atomic E-state index is 13.4. The fraction of sp³-hybridized carbons (Fsp3) is 0.111. The van der Waals surface area contributed by atoms with Crippen LogP contribution in [0.5, 0.6) is 5.75 Å². The third-order valence-electron chi connectivity index (χ3n) is 5.54. The zero-order chi connectivity index (χ0) is 22.8. The van der Waals surface area contributed by atoms with Gasteiger partial charge in [0.2, 0.25) is 0 Å². The lowest BCUT2D eigenvalue weighted by Crippen LogP contribution is -2.34. The number of benzene rings is 4. The minimum absolute atomic E-state index is 0.0825. The van der Waals surface area contributed by atoms with Crippen molar-refractivity contribution in [2.45, 2.75) is 13.5 Å². The molecule has 0 bridgehead atoms. The largest absolute Gasteiger partial charge is 0.484 e. The first-order valence-corrected chi connectivity index (χ1v) is 11.8. The standard InChI is InChI=1S/C27H21ClN2O2S/c1-18-23(28)13-14-24-26(18)29-27(33-24)30(16-19-7-3-2-4-8-19)25(31)17-32-22-12-11-20-9-5-6-10-21(20)15-22/h2-15H,16-17H2,1H3. The van der Waals surface area contributed by atoms with Gasteiger partial charge in [0.15, 0.2) is 11.7 Å². The van der Waals surface area contributed by atoms with Crippen LogP contribution in [0, 0.1) is 6.92 Å². The molecule has 6 heteroatoms. The number of anilines is 1. The Labute approximate surface area is 201 Å². The number of fused-ring (bicyclic) bond motifs is 2. The Bertz CT molecular complexity index is 1450. The molecule has 0 aliphatic carbocycles. The number of amides is 1. The Morgan fingerprint density at radius 3 is 2.55 bits per heavy atom. The highest BCUT2D eigenvalue weighted by molar-refractivity contribution is 7.22. The van der Waals surface area contributed by atoms with E-state index in [1.807, 2.05) is 91.9 Å². The van der Waals surface area contributed by atoms with Crippen molar-refractivity contribution in [2.75, 3.05) is 11.5 Å². The molecular weight excluding hydrogens is 452 g/mol. The molecule has 1 amide bonds. The second-order valence-electron chi connectivity index (χ2n) is 7.78. The van der Waals surface area contributed by atoms with Crippen molar-refractivity contribution in [2.24, 2.45) is 0 Å². The van der Waals surface area contributed by atoms with Crippen LogP contribution in [0.25, 0.3) is 21.0 Å². The highest BCUT2D eigenvalue weighted by Gasteiger charge is 2.22. The van der Waals surface area contributed by atoms with Gasteiger partial charge in [0.05, 0.1) is 16.8 Å². The summed E-state index contributed by atoms with van der Waals surface area (Å²) in [4.78, 5) is 19.8. The highest BCUT2D eigenvalue weighted by Crippen LogP contribution is 2.34. The number of hydrogen-bond acceptors (Lipinski definition) is 4. The lowest BCUT2D eigenvalue weighted by Gasteiger charge is -2.20. The lowest BCUT2D eigenvalue weighted by molar-refractivity contribution is -0.120. The second kappa shape index (κ2) is 9.22. The van der Waals surface area contributed by atoms with Crippen molar-refractivity contribution in [3.8, 4) is 5.75 Å². The van der Waals surface area contributed by atoms with Gasteiger partial charge in [-0.3, -0.25) is 9.69 Å². The van der Waals surface area contributed by atoms with Crippen molar-refractivity contribution < 1.29 is 9.53 Å². The summed E-state index contributed by atoms with van der Waals surface area (Å²) in [7, 11) is 0. The van der Waals surface area contributed by atoms with Crippen LogP contribution in [-0.4, -0.2) is 17.5 Å². The number of ether oxygens (including phenoxy) is 1. The van der Waals surface area contributed by atoms with E-state index in [0.29, 0.717) is 22.4 Å². The van der Waals surface area contributed by atoms with E-state index in [1.54, 1.807) is 4.90 Å². The first-order chi connectivity index (χ1) is 16.1. The molecule has 0 atom stereocenters. The van der Waals surface area contributed by atoms with Gasteiger partial charge >= 0.3 is 0 Å². The fourth-order valence-electron chi connectivity index (χ4n) is 3.71. The maximum Gasteiger partial charge on any atom is 0.267 e. The van der Waals surface area contributed by atoms with Crippen LogP contribution in [0.2, 0.25) is 5.02 Å². The maximum absolute atomic E-state index is 13.4. The molecule has 0 spiro atoms. The van der Waals surface area contributed by atoms with Crippen molar-refractivity contribution in [1.29, 1.82) is 0 Å². The summed E-state index contributed by atoms with van der Waals surface area (Å²) in [6.45, 7) is 2.27. The Balaban J connectivity index is 1.43. The summed E-state index contributed by atoms with van der Waals surface area (Å²) in [6, 6.07) is 27.6. The third kappa shape index (κ3) is 4.56. The minimum atomic E-state index is -0.158. The minimum Gasteiger partial charge on any atom is -0.484 e. The van der Waals surface area contributed by atoms with Crippen LogP contribution >= 0.6 is 22.9 Å². The van der Waals surface area contributed by atoms with Crippen molar-refractivity contribution >= 4 is 55.0 Å². The van der Waals surface area contributed by atoms with Gasteiger partial charge < -0.3 is 4.74 Å². The summed E-state index contributed by atoms with van der Waals surface area (Å²) in [5.74, 6) is 0.503. The quantitative estimate of drug-likeness (QED) is 0.266. The number of rotatable bonds is 6. The molecule has 5 aromatic rings. The van der Waals surface area contributed by atoms with E-state index < -0.39 is 0 Å². The van der Waals surface area contributed by atoms with E-state index >= 15 is 0 Å². The molecular formula is C27H21ClN2O2S. The van der Waals surface area contributed by atoms with E-state index in [1.165, 1.54) is 11.3 Å². The lowest BCUT2D eigenvalue weighted by atomic mass is 10.1. The summed E-state index contributed by atoms with van der Waals surface area (Å²) in [5, 5.41) is 3.50. The molecule has 0 fully saturated rings. The molecule has 0 aliphatic rings. The summed E-state index contributed by atoms with van der Waals surface area (Å²) < 4.78 is 6.89. The topological polar surface area (TPSA) is 42.4 Å². The Kier molecular flexibility index (Phi) is 5.99. The molecule has 5 rings (SSSR count). The van der Waals surface area contributed by atoms with Crippen LogP contribution in [-0.2, 0) is 11.3 Å². The molecule has 4 aromatic carbocycles. The predicted octanol–water partition coefficient (Wildman–Crippen LogP) is 7.02. The summed E-state index contributed by atoms with van der Waals surface area (Å²) in [6.07, 6.45) is 0. The van der Waals surface area contributed by atoms with E-state index in [2.05, 4.69) is 0 Å². The molecule has 1 aromatic heterocycles. The van der Waals surface area contributed by atoms with Crippen LogP contribution in [0.4, 0.5) is 5.13 Å². The van der Waals surface area contributed by atoms with Gasteiger partial charge in [0.1, 0.15) is 5.75 Å². The van der Waals surface area contributed by atoms with Crippen LogP contribution < -0.4 is 9.64 Å². The number of aryl methyl sites for hydroxylation is 1. The fourth-order valence-corrected chi connectivity index (χ4v) is 4.91. The van der Waals surface area contributed by atoms with Crippen molar-refractivity contribution in [3.05, 3.63) is 101 Å². The zero-order valence-electron chi connectivity index (χ0n) is 18.0. The van der Waals surface area contributed by atoms with E-state index in [0.717, 1.165) is 32.1 Å². The molecule has 0 N–H and O–H groups in total. The monoisotopic (exact) mass is 472 g/mol. The Morgan fingerprint density at radius 1 is 0.970 bits per heavy atom. The number of halogens is 1. The van der Waals surface area contributed by atoms with E-state index in [-0.39, 0.29) is 12.5 Å². The van der Waals surface area contributed by atoms with Crippen molar-refractivity contribution in [3.63, 3.8) is 0 Å². The molecule has 0 radical (unpaired) electrons. The normalized spacial score (nSPS) is 11.1. The molecule has 33 heavy (non-hydrogen) atoms. The van der Waals surface area contributed by atoms with E-state index in [9.17, 15) is 4.79 Å². The molecule has 164 valence electrons. The number of thiazole rings is 1. The highest BCUT2D eigenvalue weighted by atomic mass is 35.5. The van der Waals surface area contributed by atoms with Crippen LogP contribution in [0.3, 0.4) is 0 Å². The first kappa shape index (κ1) is 21.4. The van der Waals surface area contributed by atoms with Crippen LogP contribution in [0.1, 0.15) is 11.1 Å². The molecule has 0 aliphatic heterocycles. The van der Waals surface area contributed by atoms with E-state index in [4.69, 9.17) is 21.3 Å². The van der Waals surface area contributed by atoms with Gasteiger partial charge in [-0.15, -0.1) is 0 Å². The number of carbonyl (C=O) groups is 1. The van der Waals surface area contributed by atoms with Gasteiger partial charge in [0, 0.05) is 5.02 Å². The summed E-state index contributed by atoms with van der Waals surface area (Å²) >= 11 is 7.77. The van der Waals surface area contributed by atoms with Gasteiger partial charge in [-0.05, 0) is 53.1 Å². The third-order valence-corrected chi connectivity index (χ3v) is 6.99. The second-order valence-corrected chi connectivity index (χ2v) is 9.19. The average Bonchev–Trinajstić information content (AvgIpc) is 3.28. The number of aromatic nitrogens is 1. The Hall–Kier alpha value is -3.41. The molecule has 0 saturated heterocycles. The SMILES string of the molecule is Cc1c(Cl)ccc2sc(N(Cc3ccccc3)C(=O)COc3ccc4ccccc4c3)nc12. The average molecular weight is 473 g/mol. The molecule has 0 unspecified atom stereocenters. The molecule has 0 saturated carbocycles. The molecule has 4 nitrogen and oxygen atoms in total. The van der Waals surface area contributed by atoms with Gasteiger partial charge in [0.25, 0.3) is 5.91 Å². The zero-order valence-corrected chi connectivity index (χ0v) is 19.6. The first-order valence-electron chi connectivity index (χ1n) is 10.6. The van der Waals surface area contributed by atoms with Gasteiger partial charge in [-0.25, -0.2) is 4.98 Å². The number of carbonyl (C=O) groups excluding carboxylic acids is 1. The predicted molar refractivity (Wildman–Crippen MR) is 136 cm³/mol. The number of hydrogen-bond donors (Lipinski definition) is 0. The van der Waals surface area contributed by atoms with Gasteiger partial charge in [-0.1, -0.05) is 83.6 Å². The number of nitrogens with zero attached hydrogens (tertiary/aromatic N) is 2.